The van der Waals surface area contributed by atoms with Gasteiger partial charge in [-0.05, 0) is 18.8 Å². The first-order chi connectivity index (χ1) is 5.20. The molecule has 0 saturated heterocycles. The van der Waals surface area contributed by atoms with E-state index in [9.17, 15) is 4.79 Å². The monoisotopic (exact) mass is 155 g/mol. The van der Waals surface area contributed by atoms with Crippen LogP contribution in [0.15, 0.2) is 0 Å². The van der Waals surface area contributed by atoms with Gasteiger partial charge in [-0.1, -0.05) is 6.92 Å². The summed E-state index contributed by atoms with van der Waals surface area (Å²) in [4.78, 5) is 10.5. The van der Waals surface area contributed by atoms with Gasteiger partial charge in [0.05, 0.1) is 6.10 Å². The van der Waals surface area contributed by atoms with Crippen molar-refractivity contribution in [2.24, 2.45) is 0 Å². The van der Waals surface area contributed by atoms with E-state index in [1.54, 1.807) is 0 Å². The standard InChI is InChI=1S/C8H13NO2/c1-3-7(10)5-6-9-8(11)4-2/h2,7,10H,3,5-6H2,1H3,(H,9,11). The highest BCUT2D eigenvalue weighted by Gasteiger charge is 2.00. The Hall–Kier alpha value is -1.01. The molecule has 0 aromatic carbocycles. The molecule has 0 fully saturated rings. The average molecular weight is 155 g/mol. The number of hydrogen-bond donors (Lipinski definition) is 2. The molecule has 0 aromatic rings. The van der Waals surface area contributed by atoms with Crippen LogP contribution in [-0.2, 0) is 4.79 Å². The van der Waals surface area contributed by atoms with Crippen LogP contribution < -0.4 is 5.32 Å². The first-order valence-electron chi connectivity index (χ1n) is 3.63. The lowest BCUT2D eigenvalue weighted by atomic mass is 10.2. The molecule has 0 aromatic heterocycles. The van der Waals surface area contributed by atoms with Crippen molar-refractivity contribution in [2.75, 3.05) is 6.54 Å². The molecule has 0 heterocycles. The van der Waals surface area contributed by atoms with Crippen LogP contribution in [-0.4, -0.2) is 23.7 Å². The molecule has 0 aliphatic heterocycles. The van der Waals surface area contributed by atoms with E-state index in [2.05, 4.69) is 5.32 Å². The third kappa shape index (κ3) is 5.43. The number of carbonyl (C=O) groups excluding carboxylic acids is 1. The minimum Gasteiger partial charge on any atom is -0.393 e. The third-order valence-electron chi connectivity index (χ3n) is 1.37. The van der Waals surface area contributed by atoms with Crippen molar-refractivity contribution in [1.29, 1.82) is 0 Å². The van der Waals surface area contributed by atoms with Gasteiger partial charge < -0.3 is 10.4 Å². The molecule has 0 aliphatic rings. The Bertz CT molecular complexity index is 160. The number of amides is 1. The summed E-state index contributed by atoms with van der Waals surface area (Å²) in [5, 5.41) is 11.5. The number of carbonyl (C=O) groups is 1. The van der Waals surface area contributed by atoms with Crippen LogP contribution in [0.25, 0.3) is 0 Å². The zero-order chi connectivity index (χ0) is 8.69. The molecular formula is C8H13NO2. The topological polar surface area (TPSA) is 49.3 Å². The van der Waals surface area contributed by atoms with Gasteiger partial charge >= 0.3 is 0 Å². The molecule has 62 valence electrons. The van der Waals surface area contributed by atoms with Gasteiger partial charge in [-0.25, -0.2) is 0 Å². The summed E-state index contributed by atoms with van der Waals surface area (Å²) in [6.45, 7) is 2.33. The molecule has 0 radical (unpaired) electrons. The maximum absolute atomic E-state index is 10.5. The summed E-state index contributed by atoms with van der Waals surface area (Å²) in [6, 6.07) is 0. The Morgan fingerprint density at radius 2 is 2.45 bits per heavy atom. The Kier molecular flexibility index (Phi) is 5.22. The summed E-state index contributed by atoms with van der Waals surface area (Å²) in [6.07, 6.45) is 5.72. The van der Waals surface area contributed by atoms with Crippen molar-refractivity contribution >= 4 is 5.91 Å². The zero-order valence-electron chi connectivity index (χ0n) is 6.63. The van der Waals surface area contributed by atoms with E-state index in [0.29, 0.717) is 19.4 Å². The zero-order valence-corrected chi connectivity index (χ0v) is 6.63. The van der Waals surface area contributed by atoms with Crippen LogP contribution in [0.5, 0.6) is 0 Å². The van der Waals surface area contributed by atoms with Crippen LogP contribution in [0.1, 0.15) is 19.8 Å². The fraction of sp³-hybridized carbons (Fsp3) is 0.625. The Morgan fingerprint density at radius 3 is 2.91 bits per heavy atom. The number of aliphatic hydroxyl groups excluding tert-OH is 1. The maximum Gasteiger partial charge on any atom is 0.295 e. The highest BCUT2D eigenvalue weighted by atomic mass is 16.3. The van der Waals surface area contributed by atoms with Crippen molar-refractivity contribution in [3.05, 3.63) is 0 Å². The van der Waals surface area contributed by atoms with Gasteiger partial charge in [-0.3, -0.25) is 4.79 Å². The summed E-state index contributed by atoms with van der Waals surface area (Å²) >= 11 is 0. The summed E-state index contributed by atoms with van der Waals surface area (Å²) < 4.78 is 0. The second-order valence-electron chi connectivity index (χ2n) is 2.25. The smallest absolute Gasteiger partial charge is 0.295 e. The van der Waals surface area contributed by atoms with Gasteiger partial charge in [0.15, 0.2) is 0 Å². The van der Waals surface area contributed by atoms with Crippen LogP contribution in [0.2, 0.25) is 0 Å². The normalized spacial score (nSPS) is 11.7. The van der Waals surface area contributed by atoms with E-state index in [0.717, 1.165) is 0 Å². The van der Waals surface area contributed by atoms with Gasteiger partial charge in [0.1, 0.15) is 0 Å². The van der Waals surface area contributed by atoms with Crippen LogP contribution in [0.3, 0.4) is 0 Å². The van der Waals surface area contributed by atoms with Gasteiger partial charge in [0, 0.05) is 6.54 Å². The molecule has 2 N–H and O–H groups in total. The molecular weight excluding hydrogens is 142 g/mol. The van der Waals surface area contributed by atoms with Crippen LogP contribution in [0.4, 0.5) is 0 Å². The molecule has 0 bridgehead atoms. The molecule has 0 aliphatic carbocycles. The predicted molar refractivity (Wildman–Crippen MR) is 42.8 cm³/mol. The third-order valence-corrected chi connectivity index (χ3v) is 1.37. The van der Waals surface area contributed by atoms with E-state index in [1.807, 2.05) is 12.8 Å². The van der Waals surface area contributed by atoms with E-state index in [-0.39, 0.29) is 6.10 Å². The minimum atomic E-state index is -0.423. The quantitative estimate of drug-likeness (QED) is 0.557. The Balaban J connectivity index is 3.29. The number of aliphatic hydroxyl groups is 1. The second-order valence-corrected chi connectivity index (χ2v) is 2.25. The molecule has 11 heavy (non-hydrogen) atoms. The van der Waals surface area contributed by atoms with Crippen molar-refractivity contribution in [2.45, 2.75) is 25.9 Å². The van der Waals surface area contributed by atoms with Crippen molar-refractivity contribution in [3.8, 4) is 12.3 Å². The number of nitrogens with one attached hydrogen (secondary N) is 1. The summed E-state index contributed by atoms with van der Waals surface area (Å²) in [5.74, 6) is 1.50. The number of terminal acetylenes is 1. The first-order valence-corrected chi connectivity index (χ1v) is 3.63. The van der Waals surface area contributed by atoms with Crippen molar-refractivity contribution < 1.29 is 9.90 Å². The molecule has 0 saturated carbocycles. The fourth-order valence-corrected chi connectivity index (χ4v) is 0.607. The molecule has 0 spiro atoms. The average Bonchev–Trinajstić information content (AvgIpc) is 2.04. The van der Waals surface area contributed by atoms with Crippen LogP contribution in [0, 0.1) is 12.3 Å². The predicted octanol–water partition coefficient (Wildman–Crippen LogP) is -0.103. The first kappa shape index (κ1) is 9.99. The molecule has 0 rings (SSSR count). The van der Waals surface area contributed by atoms with E-state index < -0.39 is 5.91 Å². The van der Waals surface area contributed by atoms with E-state index >= 15 is 0 Å². The Labute approximate surface area is 66.8 Å². The van der Waals surface area contributed by atoms with E-state index in [1.165, 1.54) is 0 Å². The fourth-order valence-electron chi connectivity index (χ4n) is 0.607. The van der Waals surface area contributed by atoms with Crippen LogP contribution >= 0.6 is 0 Å². The largest absolute Gasteiger partial charge is 0.393 e. The Morgan fingerprint density at radius 1 is 1.82 bits per heavy atom. The van der Waals surface area contributed by atoms with Gasteiger partial charge in [-0.15, -0.1) is 6.42 Å². The lowest BCUT2D eigenvalue weighted by molar-refractivity contribution is -0.115. The van der Waals surface area contributed by atoms with Gasteiger partial charge in [0.25, 0.3) is 5.91 Å². The summed E-state index contributed by atoms with van der Waals surface area (Å²) in [5.41, 5.74) is 0. The molecule has 1 atom stereocenters. The van der Waals surface area contributed by atoms with Crippen molar-refractivity contribution in [3.63, 3.8) is 0 Å². The molecule has 3 heteroatoms. The van der Waals surface area contributed by atoms with Crippen molar-refractivity contribution in [1.82, 2.24) is 5.32 Å². The highest BCUT2D eigenvalue weighted by Crippen LogP contribution is 1.93. The lowest BCUT2D eigenvalue weighted by Gasteiger charge is -2.06. The second kappa shape index (κ2) is 5.75. The SMILES string of the molecule is C#CC(=O)NCCC(O)CC. The summed E-state index contributed by atoms with van der Waals surface area (Å²) in [7, 11) is 0. The number of rotatable bonds is 4. The highest BCUT2D eigenvalue weighted by molar-refractivity contribution is 5.92. The molecule has 1 amide bonds. The van der Waals surface area contributed by atoms with Gasteiger partial charge in [-0.2, -0.15) is 0 Å². The van der Waals surface area contributed by atoms with Gasteiger partial charge in [0.2, 0.25) is 0 Å². The lowest BCUT2D eigenvalue weighted by Crippen LogP contribution is -2.25. The van der Waals surface area contributed by atoms with E-state index in [4.69, 9.17) is 11.5 Å². The minimum absolute atomic E-state index is 0.340. The number of hydrogen-bond acceptors (Lipinski definition) is 2. The molecule has 3 nitrogen and oxygen atoms in total. The molecule has 1 unspecified atom stereocenters. The maximum atomic E-state index is 10.5.